The van der Waals surface area contributed by atoms with Gasteiger partial charge >= 0.3 is 12.1 Å². The van der Waals surface area contributed by atoms with Gasteiger partial charge in [-0.25, -0.2) is 15.0 Å². The molecule has 1 amide bonds. The van der Waals surface area contributed by atoms with E-state index in [4.69, 9.17) is 9.47 Å². The van der Waals surface area contributed by atoms with Crippen LogP contribution in [0.1, 0.15) is 29.8 Å². The number of hydrogen-bond donors (Lipinski definition) is 1. The van der Waals surface area contributed by atoms with E-state index in [9.17, 15) is 19.7 Å². The van der Waals surface area contributed by atoms with Crippen LogP contribution in [0.3, 0.4) is 0 Å². The molecule has 0 bridgehead atoms. The van der Waals surface area contributed by atoms with Gasteiger partial charge in [0, 0.05) is 12.1 Å². The van der Waals surface area contributed by atoms with Crippen molar-refractivity contribution < 1.29 is 28.7 Å². The molecule has 0 aliphatic carbocycles. The average molecular weight is 401 g/mol. The highest BCUT2D eigenvalue weighted by molar-refractivity contribution is 5.92. The Balaban J connectivity index is 2.16. The van der Waals surface area contributed by atoms with Gasteiger partial charge in [-0.05, 0) is 43.7 Å². The normalized spacial score (nSPS) is 10.4. The summed E-state index contributed by atoms with van der Waals surface area (Å²) in [6, 6.07) is 9.87. The van der Waals surface area contributed by atoms with Gasteiger partial charge in [0.05, 0.1) is 29.9 Å². The van der Waals surface area contributed by atoms with Crippen LogP contribution in [-0.4, -0.2) is 36.4 Å². The molecule has 0 saturated heterocycles. The molecular weight excluding hydrogens is 382 g/mol. The first-order valence-corrected chi connectivity index (χ1v) is 8.63. The summed E-state index contributed by atoms with van der Waals surface area (Å²) in [6.45, 7) is 3.96. The van der Waals surface area contributed by atoms with Crippen molar-refractivity contribution in [3.63, 3.8) is 0 Å². The standard InChI is InChI=1S/C19H19N3O7/c1-3-27-17-10-13(12-20-21-19(24)28-4-2)8-9-16(17)29-18(23)14-6-5-7-15(11-14)22(25)26/h5-12H,3-4H2,1-2H3,(H,21,24). The highest BCUT2D eigenvalue weighted by Crippen LogP contribution is 2.29. The van der Waals surface area contributed by atoms with E-state index in [1.54, 1.807) is 26.0 Å². The number of carbonyl (C=O) groups excluding carboxylic acids is 2. The Morgan fingerprint density at radius 1 is 1.14 bits per heavy atom. The number of esters is 1. The first-order valence-electron chi connectivity index (χ1n) is 8.63. The number of ether oxygens (including phenoxy) is 3. The fraction of sp³-hybridized carbons (Fsp3) is 0.211. The van der Waals surface area contributed by atoms with Gasteiger partial charge in [-0.15, -0.1) is 0 Å². The maximum absolute atomic E-state index is 12.4. The molecule has 2 aromatic rings. The predicted octanol–water partition coefficient (Wildman–Crippen LogP) is 3.29. The SMILES string of the molecule is CCOC(=O)NN=Cc1ccc(OC(=O)c2cccc([N+](=O)[O-])c2)c(OCC)c1. The fourth-order valence-corrected chi connectivity index (χ4v) is 2.19. The molecule has 29 heavy (non-hydrogen) atoms. The van der Waals surface area contributed by atoms with Gasteiger partial charge in [-0.3, -0.25) is 10.1 Å². The number of benzene rings is 2. The third-order valence-corrected chi connectivity index (χ3v) is 3.41. The van der Waals surface area contributed by atoms with Crippen LogP contribution in [0.5, 0.6) is 11.5 Å². The van der Waals surface area contributed by atoms with E-state index in [2.05, 4.69) is 15.3 Å². The van der Waals surface area contributed by atoms with Crippen molar-refractivity contribution in [2.45, 2.75) is 13.8 Å². The Morgan fingerprint density at radius 2 is 1.93 bits per heavy atom. The number of rotatable bonds is 8. The van der Waals surface area contributed by atoms with Crippen LogP contribution < -0.4 is 14.9 Å². The Hall–Kier alpha value is -3.95. The largest absolute Gasteiger partial charge is 0.490 e. The van der Waals surface area contributed by atoms with Gasteiger partial charge in [-0.1, -0.05) is 6.07 Å². The molecule has 10 nitrogen and oxygen atoms in total. The zero-order valence-electron chi connectivity index (χ0n) is 15.8. The second kappa shape index (κ2) is 10.4. The molecule has 0 atom stereocenters. The molecule has 0 saturated carbocycles. The number of nitrogens with one attached hydrogen (secondary N) is 1. The first kappa shape index (κ1) is 21.4. The molecule has 2 rings (SSSR count). The van der Waals surface area contributed by atoms with Crippen molar-refractivity contribution in [3.8, 4) is 11.5 Å². The third-order valence-electron chi connectivity index (χ3n) is 3.41. The minimum atomic E-state index is -0.764. The molecular formula is C19H19N3O7. The van der Waals surface area contributed by atoms with Gasteiger partial charge in [0.1, 0.15) is 0 Å². The Kier molecular flexibility index (Phi) is 7.66. The maximum atomic E-state index is 12.4. The lowest BCUT2D eigenvalue weighted by Crippen LogP contribution is -2.18. The van der Waals surface area contributed by atoms with E-state index in [1.165, 1.54) is 30.5 Å². The van der Waals surface area contributed by atoms with Crippen LogP contribution in [0.4, 0.5) is 10.5 Å². The Bertz CT molecular complexity index is 928. The molecule has 0 aromatic heterocycles. The van der Waals surface area contributed by atoms with E-state index in [0.29, 0.717) is 12.2 Å². The summed E-state index contributed by atoms with van der Waals surface area (Å²) in [7, 11) is 0. The van der Waals surface area contributed by atoms with Crippen molar-refractivity contribution >= 4 is 24.0 Å². The minimum Gasteiger partial charge on any atom is -0.490 e. The van der Waals surface area contributed by atoms with Crippen LogP contribution in [0.25, 0.3) is 0 Å². The summed E-state index contributed by atoms with van der Waals surface area (Å²) < 4.78 is 15.5. The van der Waals surface area contributed by atoms with Crippen molar-refractivity contribution in [2.24, 2.45) is 5.10 Å². The van der Waals surface area contributed by atoms with Gasteiger partial charge in [0.2, 0.25) is 0 Å². The van der Waals surface area contributed by atoms with E-state index in [0.717, 1.165) is 6.07 Å². The minimum absolute atomic E-state index is 0.0333. The number of nitro benzene ring substituents is 1. The van der Waals surface area contributed by atoms with Crippen molar-refractivity contribution in [1.82, 2.24) is 5.43 Å². The number of nitrogens with zero attached hydrogens (tertiary/aromatic N) is 2. The summed E-state index contributed by atoms with van der Waals surface area (Å²) in [5.41, 5.74) is 2.58. The topological polar surface area (TPSA) is 129 Å². The third kappa shape index (κ3) is 6.31. The van der Waals surface area contributed by atoms with E-state index in [-0.39, 0.29) is 29.4 Å². The first-order chi connectivity index (χ1) is 13.9. The lowest BCUT2D eigenvalue weighted by atomic mass is 10.2. The molecule has 1 N–H and O–H groups in total. The summed E-state index contributed by atoms with van der Waals surface area (Å²) >= 11 is 0. The van der Waals surface area contributed by atoms with Gasteiger partial charge in [0.15, 0.2) is 11.5 Å². The average Bonchev–Trinajstić information content (AvgIpc) is 2.70. The molecule has 0 radical (unpaired) electrons. The number of nitro groups is 1. The van der Waals surface area contributed by atoms with Gasteiger partial charge in [0.25, 0.3) is 5.69 Å². The Morgan fingerprint density at radius 3 is 2.62 bits per heavy atom. The van der Waals surface area contributed by atoms with Gasteiger partial charge < -0.3 is 14.2 Å². The molecule has 0 unspecified atom stereocenters. The monoisotopic (exact) mass is 401 g/mol. The molecule has 0 spiro atoms. The van der Waals surface area contributed by atoms with Crippen molar-refractivity contribution in [3.05, 3.63) is 63.7 Å². The lowest BCUT2D eigenvalue weighted by Gasteiger charge is -2.11. The van der Waals surface area contributed by atoms with Crippen molar-refractivity contribution in [1.29, 1.82) is 0 Å². The van der Waals surface area contributed by atoms with E-state index < -0.39 is 17.0 Å². The molecule has 2 aromatic carbocycles. The van der Waals surface area contributed by atoms with Crippen LogP contribution in [-0.2, 0) is 4.74 Å². The smallest absolute Gasteiger partial charge is 0.427 e. The molecule has 0 aliphatic heterocycles. The van der Waals surface area contributed by atoms with E-state index >= 15 is 0 Å². The Labute approximate surface area is 166 Å². The van der Waals surface area contributed by atoms with Crippen LogP contribution in [0, 0.1) is 10.1 Å². The lowest BCUT2D eigenvalue weighted by molar-refractivity contribution is -0.384. The molecule has 10 heteroatoms. The molecule has 0 fully saturated rings. The van der Waals surface area contributed by atoms with Crippen LogP contribution >= 0.6 is 0 Å². The maximum Gasteiger partial charge on any atom is 0.427 e. The highest BCUT2D eigenvalue weighted by Gasteiger charge is 2.16. The highest BCUT2D eigenvalue weighted by atomic mass is 16.6. The summed E-state index contributed by atoms with van der Waals surface area (Å²) in [6.07, 6.45) is 0.683. The molecule has 152 valence electrons. The zero-order valence-corrected chi connectivity index (χ0v) is 15.8. The fourth-order valence-electron chi connectivity index (χ4n) is 2.19. The second-order valence-corrected chi connectivity index (χ2v) is 5.43. The van der Waals surface area contributed by atoms with Crippen molar-refractivity contribution in [2.75, 3.05) is 13.2 Å². The number of amides is 1. The number of hydrogen-bond acceptors (Lipinski definition) is 8. The quantitative estimate of drug-likeness (QED) is 0.236. The number of carbonyl (C=O) groups is 2. The molecule has 0 aliphatic rings. The summed E-state index contributed by atoms with van der Waals surface area (Å²) in [5.74, 6) is -0.356. The van der Waals surface area contributed by atoms with Crippen LogP contribution in [0.15, 0.2) is 47.6 Å². The number of non-ortho nitro benzene ring substituents is 1. The number of hydrazone groups is 1. The summed E-state index contributed by atoms with van der Waals surface area (Å²) in [5, 5.41) is 14.6. The van der Waals surface area contributed by atoms with E-state index in [1.807, 2.05) is 0 Å². The van der Waals surface area contributed by atoms with Crippen LogP contribution in [0.2, 0.25) is 0 Å². The predicted molar refractivity (Wildman–Crippen MR) is 103 cm³/mol. The second-order valence-electron chi connectivity index (χ2n) is 5.43. The molecule has 0 heterocycles. The zero-order chi connectivity index (χ0) is 21.2. The summed E-state index contributed by atoms with van der Waals surface area (Å²) in [4.78, 5) is 33.8. The van der Waals surface area contributed by atoms with Gasteiger partial charge in [-0.2, -0.15) is 5.10 Å².